The van der Waals surface area contributed by atoms with Gasteiger partial charge in [-0.3, -0.25) is 10.1 Å². The molecule has 0 aromatic heterocycles. The molecule has 1 atom stereocenters. The Kier molecular flexibility index (Phi) is 4.15. The van der Waals surface area contributed by atoms with E-state index in [1.165, 1.54) is 0 Å². The summed E-state index contributed by atoms with van der Waals surface area (Å²) in [7, 11) is 0. The Labute approximate surface area is 106 Å². The summed E-state index contributed by atoms with van der Waals surface area (Å²) in [5.74, 6) is 0. The maximum Gasteiger partial charge on any atom is 0.269 e. The van der Waals surface area contributed by atoms with Gasteiger partial charge in [-0.15, -0.1) is 0 Å². The number of hydrogen-bond acceptors (Lipinski definition) is 4. The van der Waals surface area contributed by atoms with Gasteiger partial charge in [0.05, 0.1) is 4.92 Å². The molecular formula is C13H18N2O3. The molecule has 1 aliphatic heterocycles. The van der Waals surface area contributed by atoms with Crippen LogP contribution >= 0.6 is 0 Å². The van der Waals surface area contributed by atoms with Gasteiger partial charge in [0.15, 0.2) is 0 Å². The molecule has 0 amide bonds. The normalized spacial score (nSPS) is 20.2. The first kappa shape index (κ1) is 12.8. The third-order valence-corrected chi connectivity index (χ3v) is 3.23. The van der Waals surface area contributed by atoms with Crippen LogP contribution in [0.15, 0.2) is 18.2 Å². The predicted octanol–water partition coefficient (Wildman–Crippen LogP) is 2.88. The zero-order valence-electron chi connectivity index (χ0n) is 10.5. The lowest BCUT2D eigenvalue weighted by Crippen LogP contribution is -2.20. The number of nitrogens with zero attached hydrogens (tertiary/aromatic N) is 1. The maximum atomic E-state index is 10.7. The van der Waals surface area contributed by atoms with Gasteiger partial charge < -0.3 is 10.1 Å². The molecule has 18 heavy (non-hydrogen) atoms. The van der Waals surface area contributed by atoms with E-state index >= 15 is 0 Å². The summed E-state index contributed by atoms with van der Waals surface area (Å²) in [6, 6.07) is 5.34. The van der Waals surface area contributed by atoms with Crippen molar-refractivity contribution in [1.29, 1.82) is 0 Å². The lowest BCUT2D eigenvalue weighted by atomic mass is 10.1. The Balaban J connectivity index is 2.06. The number of non-ortho nitro benzene ring substituents is 1. The number of hydrogen-bond donors (Lipinski definition) is 1. The van der Waals surface area contributed by atoms with Crippen molar-refractivity contribution in [3.63, 3.8) is 0 Å². The van der Waals surface area contributed by atoms with Gasteiger partial charge in [0.25, 0.3) is 5.69 Å². The van der Waals surface area contributed by atoms with Gasteiger partial charge in [0.1, 0.15) is 0 Å². The van der Waals surface area contributed by atoms with Crippen LogP contribution in [0.3, 0.4) is 0 Å². The fraction of sp³-hybridized carbons (Fsp3) is 0.538. The molecular weight excluding hydrogens is 232 g/mol. The van der Waals surface area contributed by atoms with E-state index in [-0.39, 0.29) is 10.6 Å². The van der Waals surface area contributed by atoms with E-state index in [9.17, 15) is 10.1 Å². The summed E-state index contributed by atoms with van der Waals surface area (Å²) >= 11 is 0. The quantitative estimate of drug-likeness (QED) is 0.661. The van der Waals surface area contributed by atoms with Crippen molar-refractivity contribution >= 4 is 11.4 Å². The van der Waals surface area contributed by atoms with Gasteiger partial charge >= 0.3 is 0 Å². The Morgan fingerprint density at radius 1 is 1.39 bits per heavy atom. The summed E-state index contributed by atoms with van der Waals surface area (Å²) in [5.41, 5.74) is 2.03. The molecule has 0 unspecified atom stereocenters. The number of nitrogens with one attached hydrogen (secondary N) is 1. The predicted molar refractivity (Wildman–Crippen MR) is 69.9 cm³/mol. The Morgan fingerprint density at radius 2 is 2.22 bits per heavy atom. The second kappa shape index (κ2) is 5.82. The molecule has 98 valence electrons. The topological polar surface area (TPSA) is 64.4 Å². The van der Waals surface area contributed by atoms with Crippen molar-refractivity contribution in [3.05, 3.63) is 33.9 Å². The van der Waals surface area contributed by atoms with Crippen molar-refractivity contribution < 1.29 is 9.66 Å². The third-order valence-electron chi connectivity index (χ3n) is 3.23. The van der Waals surface area contributed by atoms with Gasteiger partial charge in [-0.1, -0.05) is 0 Å². The SMILES string of the molecule is Cc1cc([N+](=O)[O-])ccc1N[C@@H]1CCCOCC1. The van der Waals surface area contributed by atoms with E-state index in [1.807, 2.05) is 6.92 Å². The number of aryl methyl sites for hydroxylation is 1. The van der Waals surface area contributed by atoms with Gasteiger partial charge in [-0.25, -0.2) is 0 Å². The number of nitro groups is 1. The molecule has 5 heteroatoms. The number of ether oxygens (including phenoxy) is 1. The van der Waals surface area contributed by atoms with E-state index < -0.39 is 0 Å². The van der Waals surface area contributed by atoms with E-state index in [0.29, 0.717) is 6.04 Å². The molecule has 5 nitrogen and oxygen atoms in total. The molecule has 0 radical (unpaired) electrons. The van der Waals surface area contributed by atoms with Crippen LogP contribution in [0.25, 0.3) is 0 Å². The van der Waals surface area contributed by atoms with Gasteiger partial charge in [0, 0.05) is 37.1 Å². The zero-order chi connectivity index (χ0) is 13.0. The fourth-order valence-corrected chi connectivity index (χ4v) is 2.19. The number of benzene rings is 1. The van der Waals surface area contributed by atoms with Crippen LogP contribution in [-0.4, -0.2) is 24.2 Å². The molecule has 1 heterocycles. The molecule has 0 saturated carbocycles. The van der Waals surface area contributed by atoms with E-state index in [4.69, 9.17) is 4.74 Å². The van der Waals surface area contributed by atoms with Crippen molar-refractivity contribution in [2.75, 3.05) is 18.5 Å². The monoisotopic (exact) mass is 250 g/mol. The molecule has 1 aromatic carbocycles. The minimum Gasteiger partial charge on any atom is -0.382 e. The van der Waals surface area contributed by atoms with E-state index in [0.717, 1.165) is 43.7 Å². The minimum atomic E-state index is -0.365. The van der Waals surface area contributed by atoms with Crippen LogP contribution < -0.4 is 5.32 Å². The van der Waals surface area contributed by atoms with Gasteiger partial charge in [-0.2, -0.15) is 0 Å². The molecule has 0 bridgehead atoms. The number of nitro benzene ring substituents is 1. The highest BCUT2D eigenvalue weighted by molar-refractivity contribution is 5.55. The summed E-state index contributed by atoms with van der Waals surface area (Å²) in [4.78, 5) is 10.3. The summed E-state index contributed by atoms with van der Waals surface area (Å²) in [6.07, 6.45) is 3.12. The van der Waals surface area contributed by atoms with Crippen molar-refractivity contribution in [2.45, 2.75) is 32.2 Å². The average molecular weight is 250 g/mol. The average Bonchev–Trinajstić information content (AvgIpc) is 2.60. The Bertz CT molecular complexity index is 426. The van der Waals surface area contributed by atoms with Crippen LogP contribution in [0, 0.1) is 17.0 Å². The number of anilines is 1. The molecule has 0 aliphatic carbocycles. The largest absolute Gasteiger partial charge is 0.382 e. The highest BCUT2D eigenvalue weighted by Gasteiger charge is 2.14. The summed E-state index contributed by atoms with van der Waals surface area (Å²) in [5, 5.41) is 14.1. The standard InChI is InChI=1S/C13H18N2O3/c1-10-9-12(15(16)17)4-5-13(10)14-11-3-2-7-18-8-6-11/h4-5,9,11,14H,2-3,6-8H2,1H3/t11-/m1/s1. The molecule has 1 aliphatic rings. The smallest absolute Gasteiger partial charge is 0.269 e. The molecule has 1 fully saturated rings. The first-order valence-electron chi connectivity index (χ1n) is 6.26. The molecule has 1 saturated heterocycles. The van der Waals surface area contributed by atoms with Crippen molar-refractivity contribution in [1.82, 2.24) is 0 Å². The first-order valence-corrected chi connectivity index (χ1v) is 6.26. The van der Waals surface area contributed by atoms with Gasteiger partial charge in [-0.05, 0) is 37.8 Å². The number of rotatable bonds is 3. The lowest BCUT2D eigenvalue weighted by molar-refractivity contribution is -0.384. The molecule has 1 aromatic rings. The summed E-state index contributed by atoms with van der Waals surface area (Å²) in [6.45, 7) is 3.50. The Hall–Kier alpha value is -1.62. The maximum absolute atomic E-state index is 10.7. The summed E-state index contributed by atoms with van der Waals surface area (Å²) < 4.78 is 5.41. The van der Waals surface area contributed by atoms with Crippen molar-refractivity contribution in [2.24, 2.45) is 0 Å². The first-order chi connectivity index (χ1) is 8.66. The van der Waals surface area contributed by atoms with E-state index in [2.05, 4.69) is 5.32 Å². The van der Waals surface area contributed by atoms with Crippen LogP contribution in [0.5, 0.6) is 0 Å². The van der Waals surface area contributed by atoms with E-state index in [1.54, 1.807) is 18.2 Å². The second-order valence-electron chi connectivity index (χ2n) is 4.64. The van der Waals surface area contributed by atoms with Gasteiger partial charge in [0.2, 0.25) is 0 Å². The van der Waals surface area contributed by atoms with Crippen LogP contribution in [0.1, 0.15) is 24.8 Å². The second-order valence-corrected chi connectivity index (χ2v) is 4.64. The Morgan fingerprint density at radius 3 is 2.94 bits per heavy atom. The highest BCUT2D eigenvalue weighted by Crippen LogP contribution is 2.23. The molecule has 1 N–H and O–H groups in total. The van der Waals surface area contributed by atoms with Crippen molar-refractivity contribution in [3.8, 4) is 0 Å². The van der Waals surface area contributed by atoms with Crippen LogP contribution in [0.4, 0.5) is 11.4 Å². The molecule has 2 rings (SSSR count). The third kappa shape index (κ3) is 3.20. The van der Waals surface area contributed by atoms with Crippen LogP contribution in [0.2, 0.25) is 0 Å². The molecule has 0 spiro atoms. The fourth-order valence-electron chi connectivity index (χ4n) is 2.19. The lowest BCUT2D eigenvalue weighted by Gasteiger charge is -2.18. The zero-order valence-corrected chi connectivity index (χ0v) is 10.5. The minimum absolute atomic E-state index is 0.141. The highest BCUT2D eigenvalue weighted by atomic mass is 16.6. The van der Waals surface area contributed by atoms with Crippen LogP contribution in [-0.2, 0) is 4.74 Å².